The van der Waals surface area contributed by atoms with Crippen LogP contribution in [0.1, 0.15) is 0 Å². The van der Waals surface area contributed by atoms with Crippen LogP contribution in [-0.4, -0.2) is 12.8 Å². The van der Waals surface area contributed by atoms with Crippen LogP contribution in [-0.2, 0) is 0 Å². The van der Waals surface area contributed by atoms with Crippen LogP contribution in [0.15, 0.2) is 6.07 Å². The van der Waals surface area contributed by atoms with E-state index < -0.39 is 33.5 Å². The third-order valence-corrected chi connectivity index (χ3v) is 1.35. The van der Waals surface area contributed by atoms with Crippen LogP contribution in [0.2, 0.25) is 0 Å². The Bertz CT molecular complexity index is 383. The number of hydrogen-bond donors (Lipinski definition) is 0. The maximum Gasteiger partial charge on any atom is 0.343 e. The number of halogens is 3. The lowest BCUT2D eigenvalue weighted by atomic mass is 9.95. The third-order valence-electron chi connectivity index (χ3n) is 1.35. The molecule has 13 heavy (non-hydrogen) atoms. The maximum absolute atomic E-state index is 12.6. The van der Waals surface area contributed by atoms with Crippen LogP contribution in [0, 0.1) is 27.6 Å². The summed E-state index contributed by atoms with van der Waals surface area (Å²) in [4.78, 5) is 8.67. The molecule has 7 heteroatoms. The van der Waals surface area contributed by atoms with E-state index in [1.165, 1.54) is 0 Å². The average Bonchev–Trinajstić information content (AvgIpc) is 1.99. The predicted molar refractivity (Wildman–Crippen MR) is 38.4 cm³/mol. The van der Waals surface area contributed by atoms with E-state index >= 15 is 0 Å². The van der Waals surface area contributed by atoms with Crippen molar-refractivity contribution in [3.63, 3.8) is 0 Å². The summed E-state index contributed by atoms with van der Waals surface area (Å²) in [5.41, 5.74) is -2.34. The lowest BCUT2D eigenvalue weighted by molar-refractivity contribution is -0.390. The van der Waals surface area contributed by atoms with Gasteiger partial charge in [-0.25, -0.2) is 4.39 Å². The van der Waals surface area contributed by atoms with Crippen LogP contribution in [0.4, 0.5) is 18.9 Å². The van der Waals surface area contributed by atoms with E-state index in [1.54, 1.807) is 0 Å². The van der Waals surface area contributed by atoms with Gasteiger partial charge in [-0.2, -0.15) is 8.78 Å². The molecule has 0 spiro atoms. The van der Waals surface area contributed by atoms with Gasteiger partial charge in [0.2, 0.25) is 11.6 Å². The van der Waals surface area contributed by atoms with Gasteiger partial charge in [0.1, 0.15) is 7.85 Å². The molecule has 0 fully saturated rings. The van der Waals surface area contributed by atoms with E-state index in [4.69, 9.17) is 7.85 Å². The molecule has 0 heterocycles. The molecule has 1 rings (SSSR count). The van der Waals surface area contributed by atoms with E-state index in [2.05, 4.69) is 0 Å². The Morgan fingerprint density at radius 3 is 2.31 bits per heavy atom. The van der Waals surface area contributed by atoms with Crippen molar-refractivity contribution < 1.29 is 18.1 Å². The minimum atomic E-state index is -1.89. The lowest BCUT2D eigenvalue weighted by Gasteiger charge is -2.00. The van der Waals surface area contributed by atoms with Crippen molar-refractivity contribution in [2.24, 2.45) is 0 Å². The molecule has 1 aromatic rings. The molecule has 0 aliphatic heterocycles. The molecule has 0 aliphatic rings. The van der Waals surface area contributed by atoms with E-state index in [-0.39, 0.29) is 0 Å². The van der Waals surface area contributed by atoms with Crippen LogP contribution in [0.25, 0.3) is 0 Å². The molecular weight excluding hydrogens is 186 g/mol. The van der Waals surface area contributed by atoms with Crippen molar-refractivity contribution in [2.45, 2.75) is 0 Å². The highest BCUT2D eigenvalue weighted by molar-refractivity contribution is 6.32. The molecule has 0 N–H and O–H groups in total. The number of nitro groups is 1. The van der Waals surface area contributed by atoms with Crippen LogP contribution in [0.3, 0.4) is 0 Å². The third kappa shape index (κ3) is 1.49. The number of rotatable bonds is 1. The minimum Gasteiger partial charge on any atom is -0.258 e. The van der Waals surface area contributed by atoms with Crippen molar-refractivity contribution in [1.82, 2.24) is 0 Å². The van der Waals surface area contributed by atoms with E-state index in [9.17, 15) is 23.3 Å². The molecule has 0 unspecified atom stereocenters. The van der Waals surface area contributed by atoms with Crippen LogP contribution >= 0.6 is 0 Å². The maximum atomic E-state index is 12.6. The molecule has 0 atom stereocenters. The van der Waals surface area contributed by atoms with Crippen molar-refractivity contribution >= 4 is 19.0 Å². The van der Waals surface area contributed by atoms with Crippen molar-refractivity contribution in [2.75, 3.05) is 0 Å². The second-order valence-electron chi connectivity index (χ2n) is 2.18. The molecule has 0 aliphatic carbocycles. The lowest BCUT2D eigenvalue weighted by Crippen LogP contribution is -2.14. The van der Waals surface area contributed by atoms with Gasteiger partial charge in [0, 0.05) is 0 Å². The first kappa shape index (κ1) is 9.56. The van der Waals surface area contributed by atoms with Gasteiger partial charge in [0.05, 0.1) is 4.92 Å². The summed E-state index contributed by atoms with van der Waals surface area (Å²) in [6.07, 6.45) is 0. The van der Waals surface area contributed by atoms with Gasteiger partial charge in [0.15, 0.2) is 5.82 Å². The zero-order valence-corrected chi connectivity index (χ0v) is 6.05. The Morgan fingerprint density at radius 1 is 1.31 bits per heavy atom. The second-order valence-corrected chi connectivity index (χ2v) is 2.18. The number of hydrogen-bond acceptors (Lipinski definition) is 2. The van der Waals surface area contributed by atoms with Gasteiger partial charge >= 0.3 is 5.69 Å². The molecule has 66 valence electrons. The largest absolute Gasteiger partial charge is 0.343 e. The molecule has 3 nitrogen and oxygen atoms in total. The summed E-state index contributed by atoms with van der Waals surface area (Å²) in [6.45, 7) is 0. The van der Waals surface area contributed by atoms with Gasteiger partial charge in [-0.15, -0.1) is 0 Å². The number of nitro benzene ring substituents is 1. The Balaban J connectivity index is 3.53. The zero-order chi connectivity index (χ0) is 10.2. The zero-order valence-electron chi connectivity index (χ0n) is 6.05. The molecule has 0 bridgehead atoms. The molecule has 0 amide bonds. The first-order valence-electron chi connectivity index (χ1n) is 3.02. The summed E-state index contributed by atoms with van der Waals surface area (Å²) in [5, 5.41) is 10.0. The highest BCUT2D eigenvalue weighted by atomic mass is 19.2. The number of benzene rings is 1. The van der Waals surface area contributed by atoms with Crippen molar-refractivity contribution in [3.8, 4) is 0 Å². The van der Waals surface area contributed by atoms with Crippen molar-refractivity contribution in [1.29, 1.82) is 0 Å². The SMILES string of the molecule is [B]c1cc(F)c([N+](=O)[O-])c(F)c1F. The summed E-state index contributed by atoms with van der Waals surface area (Å²) in [5.74, 6) is -5.00. The van der Waals surface area contributed by atoms with Crippen molar-refractivity contribution in [3.05, 3.63) is 33.6 Å². The average molecular weight is 187 g/mol. The van der Waals surface area contributed by atoms with Crippen LogP contribution < -0.4 is 5.46 Å². The molecule has 0 saturated carbocycles. The molecule has 0 saturated heterocycles. The van der Waals surface area contributed by atoms with Crippen LogP contribution in [0.5, 0.6) is 0 Å². The van der Waals surface area contributed by atoms with Gasteiger partial charge in [-0.05, 0) is 6.07 Å². The van der Waals surface area contributed by atoms with E-state index in [1.807, 2.05) is 0 Å². The van der Waals surface area contributed by atoms with Gasteiger partial charge in [0.25, 0.3) is 0 Å². The molecule has 2 radical (unpaired) electrons. The fourth-order valence-electron chi connectivity index (χ4n) is 0.771. The first-order valence-corrected chi connectivity index (χ1v) is 3.02. The standard InChI is InChI=1S/C6HBF3NO2/c7-2-1-3(8)6(11(12)13)5(10)4(2)9/h1H. The Hall–Kier alpha value is -1.53. The summed E-state index contributed by atoms with van der Waals surface area (Å²) >= 11 is 0. The Morgan fingerprint density at radius 2 is 1.85 bits per heavy atom. The summed E-state index contributed by atoms with van der Waals surface area (Å²) < 4.78 is 37.8. The normalized spacial score (nSPS) is 10.1. The summed E-state index contributed by atoms with van der Waals surface area (Å²) in [7, 11) is 4.81. The number of nitrogens with zero attached hydrogens (tertiary/aromatic N) is 1. The van der Waals surface area contributed by atoms with E-state index in [0.717, 1.165) is 0 Å². The Labute approximate surface area is 71.7 Å². The van der Waals surface area contributed by atoms with E-state index in [0.29, 0.717) is 6.07 Å². The fourth-order valence-corrected chi connectivity index (χ4v) is 0.771. The topological polar surface area (TPSA) is 43.1 Å². The highest BCUT2D eigenvalue weighted by Crippen LogP contribution is 2.21. The monoisotopic (exact) mass is 187 g/mol. The Kier molecular flexibility index (Phi) is 2.27. The second kappa shape index (κ2) is 3.08. The van der Waals surface area contributed by atoms with Gasteiger partial charge < -0.3 is 0 Å². The highest BCUT2D eigenvalue weighted by Gasteiger charge is 2.25. The molecular formula is C6HBF3NO2. The first-order chi connectivity index (χ1) is 5.95. The smallest absolute Gasteiger partial charge is 0.258 e. The molecule has 1 aromatic carbocycles. The fraction of sp³-hybridized carbons (Fsp3) is 0. The van der Waals surface area contributed by atoms with Gasteiger partial charge in [-0.1, -0.05) is 5.46 Å². The quantitative estimate of drug-likeness (QED) is 0.282. The molecule has 0 aromatic heterocycles. The predicted octanol–water partition coefficient (Wildman–Crippen LogP) is 0.806. The minimum absolute atomic E-state index is 0.358. The summed E-state index contributed by atoms with van der Waals surface area (Å²) in [6, 6.07) is 0.358. The van der Waals surface area contributed by atoms with Gasteiger partial charge in [-0.3, -0.25) is 10.1 Å².